The summed E-state index contributed by atoms with van der Waals surface area (Å²) in [5.74, 6) is -0.267. The minimum Gasteiger partial charge on any atom is -0.486 e. The van der Waals surface area contributed by atoms with Crippen LogP contribution in [0.1, 0.15) is 26.3 Å². The molecule has 0 aliphatic carbocycles. The maximum Gasteiger partial charge on any atom is 0.261 e. The lowest BCUT2D eigenvalue weighted by atomic mass is 10.1. The van der Waals surface area contributed by atoms with Crippen LogP contribution in [0.2, 0.25) is 0 Å². The molecular weight excluding hydrogens is 670 g/mol. The minimum absolute atomic E-state index is 0.000718. The van der Waals surface area contributed by atoms with Crippen molar-refractivity contribution in [3.63, 3.8) is 0 Å². The van der Waals surface area contributed by atoms with Gasteiger partial charge in [0.05, 0.1) is 9.79 Å². The van der Waals surface area contributed by atoms with Crippen molar-refractivity contribution >= 4 is 51.6 Å². The van der Waals surface area contributed by atoms with Crippen LogP contribution in [-0.4, -0.2) is 67.8 Å². The fourth-order valence-electron chi connectivity index (χ4n) is 5.20. The van der Waals surface area contributed by atoms with Gasteiger partial charge in [-0.15, -0.1) is 0 Å². The van der Waals surface area contributed by atoms with Gasteiger partial charge in [0.1, 0.15) is 34.0 Å². The topological polar surface area (TPSA) is 110 Å². The molecule has 0 unspecified atom stereocenters. The second kappa shape index (κ2) is 13.8. The lowest BCUT2D eigenvalue weighted by Gasteiger charge is -2.34. The molecule has 0 atom stereocenters. The van der Waals surface area contributed by atoms with Crippen molar-refractivity contribution in [3.05, 3.63) is 102 Å². The standard InChI is InChI=1S/C24H28FN3O3S.C9H5ClFNO2S/c1-24(2,3)31-21-10-11-22(20-5-4-12-26-23(20)21)32(29,30)28-15-13-27(14-16-28)17-18-6-8-19(25)9-7-18;10-15(13,14)8-4-3-7(11)9-6(8)2-1-5-12-9/h4-12H,13-17H2,1-3H3;1-5H. The largest absolute Gasteiger partial charge is 0.486 e. The number of nitrogens with zero attached hydrogens (tertiary/aromatic N) is 4. The Morgan fingerprint density at radius 1 is 0.766 bits per heavy atom. The van der Waals surface area contributed by atoms with E-state index >= 15 is 0 Å². The molecule has 0 bridgehead atoms. The van der Waals surface area contributed by atoms with Gasteiger partial charge in [0.15, 0.2) is 0 Å². The van der Waals surface area contributed by atoms with E-state index < -0.39 is 30.5 Å². The summed E-state index contributed by atoms with van der Waals surface area (Å²) in [5.41, 5.74) is 1.12. The monoisotopic (exact) mass is 702 g/mol. The molecule has 6 rings (SSSR count). The van der Waals surface area contributed by atoms with Gasteiger partial charge in [-0.3, -0.25) is 14.9 Å². The molecule has 0 spiro atoms. The molecular formula is C33H33ClF2N4O5S2. The molecule has 9 nitrogen and oxygen atoms in total. The molecule has 1 saturated heterocycles. The predicted octanol–water partition coefficient (Wildman–Crippen LogP) is 6.36. The quantitative estimate of drug-likeness (QED) is 0.188. The van der Waals surface area contributed by atoms with Gasteiger partial charge >= 0.3 is 0 Å². The summed E-state index contributed by atoms with van der Waals surface area (Å²) in [7, 11) is -2.36. The SMILES string of the molecule is CC(C)(C)Oc1ccc(S(=O)(=O)N2CCN(Cc3ccc(F)cc3)CC2)c2cccnc12.O=S(=O)(Cl)c1ccc(F)c2ncccc12. The second-order valence-electron chi connectivity index (χ2n) is 11.9. The van der Waals surface area contributed by atoms with E-state index in [2.05, 4.69) is 14.9 Å². The summed E-state index contributed by atoms with van der Waals surface area (Å²) >= 11 is 0. The Morgan fingerprint density at radius 3 is 1.94 bits per heavy atom. The number of halogens is 3. The maximum atomic E-state index is 13.5. The van der Waals surface area contributed by atoms with Crippen LogP contribution in [0.25, 0.3) is 21.8 Å². The molecule has 1 aliphatic rings. The Bertz CT molecular complexity index is 2120. The van der Waals surface area contributed by atoms with Gasteiger partial charge in [0.25, 0.3) is 9.05 Å². The number of ether oxygens (including phenoxy) is 1. The van der Waals surface area contributed by atoms with E-state index in [9.17, 15) is 25.6 Å². The number of hydrogen-bond donors (Lipinski definition) is 0. The fraction of sp³-hybridized carbons (Fsp3) is 0.273. The van der Waals surface area contributed by atoms with Crippen molar-refractivity contribution in [1.82, 2.24) is 19.2 Å². The smallest absolute Gasteiger partial charge is 0.261 e. The molecule has 0 N–H and O–H groups in total. The van der Waals surface area contributed by atoms with E-state index in [1.54, 1.807) is 42.6 Å². The summed E-state index contributed by atoms with van der Waals surface area (Å²) in [4.78, 5) is 10.5. The number of rotatable bonds is 6. The lowest BCUT2D eigenvalue weighted by Crippen LogP contribution is -2.48. The van der Waals surface area contributed by atoms with Crippen molar-refractivity contribution in [1.29, 1.82) is 0 Å². The van der Waals surface area contributed by atoms with Gasteiger partial charge in [-0.05, 0) is 87.0 Å². The first-order valence-electron chi connectivity index (χ1n) is 14.6. The van der Waals surface area contributed by atoms with Crippen molar-refractivity contribution in [2.45, 2.75) is 42.7 Å². The Labute approximate surface area is 277 Å². The van der Waals surface area contributed by atoms with Crippen LogP contribution in [-0.2, 0) is 25.6 Å². The number of sulfonamides is 1. The average Bonchev–Trinajstić information content (AvgIpc) is 3.02. The number of aromatic nitrogens is 2. The number of fused-ring (bicyclic) bond motifs is 2. The highest BCUT2D eigenvalue weighted by Gasteiger charge is 2.31. The highest BCUT2D eigenvalue weighted by atomic mass is 35.7. The second-order valence-corrected chi connectivity index (χ2v) is 16.3. The number of hydrogen-bond acceptors (Lipinski definition) is 8. The molecule has 2 aromatic heterocycles. The van der Waals surface area contributed by atoms with Gasteiger partial charge in [-0.25, -0.2) is 25.6 Å². The van der Waals surface area contributed by atoms with E-state index in [0.29, 0.717) is 49.4 Å². The van der Waals surface area contributed by atoms with Crippen LogP contribution < -0.4 is 4.74 Å². The predicted molar refractivity (Wildman–Crippen MR) is 177 cm³/mol. The number of benzene rings is 3. The Morgan fingerprint density at radius 2 is 1.34 bits per heavy atom. The third-order valence-corrected chi connectivity index (χ3v) is 10.7. The number of piperazine rings is 1. The van der Waals surface area contributed by atoms with E-state index in [1.165, 1.54) is 34.8 Å². The van der Waals surface area contributed by atoms with Crippen molar-refractivity contribution in [2.75, 3.05) is 26.2 Å². The van der Waals surface area contributed by atoms with Crippen LogP contribution in [0.15, 0.2) is 95.0 Å². The normalized spacial score (nSPS) is 14.9. The fourth-order valence-corrected chi connectivity index (χ4v) is 7.86. The van der Waals surface area contributed by atoms with E-state index in [1.807, 2.05) is 20.8 Å². The zero-order valence-electron chi connectivity index (χ0n) is 25.9. The van der Waals surface area contributed by atoms with Crippen LogP contribution in [0.3, 0.4) is 0 Å². The van der Waals surface area contributed by atoms with Crippen molar-refractivity contribution in [3.8, 4) is 5.75 Å². The first-order valence-corrected chi connectivity index (χ1v) is 18.4. The van der Waals surface area contributed by atoms with E-state index in [4.69, 9.17) is 15.4 Å². The van der Waals surface area contributed by atoms with Crippen molar-refractivity contribution < 1.29 is 30.4 Å². The lowest BCUT2D eigenvalue weighted by molar-refractivity contribution is 0.133. The van der Waals surface area contributed by atoms with Gasteiger partial charge in [-0.1, -0.05) is 12.1 Å². The summed E-state index contributed by atoms with van der Waals surface area (Å²) in [5, 5.41) is 0.746. The maximum absolute atomic E-state index is 13.5. The van der Waals surface area contributed by atoms with Crippen LogP contribution >= 0.6 is 10.7 Å². The molecule has 0 amide bonds. The molecule has 1 fully saturated rings. The van der Waals surface area contributed by atoms with E-state index in [0.717, 1.165) is 17.7 Å². The third kappa shape index (κ3) is 8.22. The molecule has 248 valence electrons. The summed E-state index contributed by atoms with van der Waals surface area (Å²) in [6, 6.07) is 18.4. The molecule has 47 heavy (non-hydrogen) atoms. The van der Waals surface area contributed by atoms with Crippen LogP contribution in [0, 0.1) is 11.6 Å². The Hall–Kier alpha value is -3.75. The van der Waals surface area contributed by atoms with E-state index in [-0.39, 0.29) is 26.5 Å². The first-order chi connectivity index (χ1) is 22.1. The molecule has 3 aromatic carbocycles. The molecule has 14 heteroatoms. The van der Waals surface area contributed by atoms with Gasteiger partial charge in [0.2, 0.25) is 10.0 Å². The van der Waals surface area contributed by atoms with Crippen molar-refractivity contribution in [2.24, 2.45) is 0 Å². The third-order valence-electron chi connectivity index (χ3n) is 7.32. The van der Waals surface area contributed by atoms with Crippen LogP contribution in [0.5, 0.6) is 5.75 Å². The average molecular weight is 703 g/mol. The number of pyridine rings is 2. The molecule has 3 heterocycles. The highest BCUT2D eigenvalue weighted by Crippen LogP contribution is 2.33. The molecule has 0 radical (unpaired) electrons. The Kier molecular flexibility index (Phi) is 10.1. The molecule has 1 aliphatic heterocycles. The zero-order valence-corrected chi connectivity index (χ0v) is 28.3. The first kappa shape index (κ1) is 34.6. The van der Waals surface area contributed by atoms with Gasteiger partial charge in [-0.2, -0.15) is 4.31 Å². The molecule has 0 saturated carbocycles. The zero-order chi connectivity index (χ0) is 34.0. The highest BCUT2D eigenvalue weighted by molar-refractivity contribution is 8.14. The molecule has 5 aromatic rings. The summed E-state index contributed by atoms with van der Waals surface area (Å²) in [6.45, 7) is 8.50. The Balaban J connectivity index is 0.000000241. The minimum atomic E-state index is -3.88. The van der Waals surface area contributed by atoms with Crippen LogP contribution in [0.4, 0.5) is 8.78 Å². The van der Waals surface area contributed by atoms with Gasteiger partial charge < -0.3 is 4.74 Å². The summed E-state index contributed by atoms with van der Waals surface area (Å²) < 4.78 is 83.3. The summed E-state index contributed by atoms with van der Waals surface area (Å²) in [6.07, 6.45) is 3.03. The van der Waals surface area contributed by atoms with Gasteiger partial charge in [0, 0.05) is 66.6 Å².